The van der Waals surface area contributed by atoms with Gasteiger partial charge in [-0.05, 0) is 30.2 Å². The number of nitrogens with zero attached hydrogens (tertiary/aromatic N) is 3. The van der Waals surface area contributed by atoms with Crippen LogP contribution in [0.15, 0.2) is 60.8 Å². The van der Waals surface area contributed by atoms with Crippen molar-refractivity contribution in [3.05, 3.63) is 81.5 Å². The number of pyridine rings is 1. The number of hydrogen-bond acceptors (Lipinski definition) is 5. The zero-order valence-corrected chi connectivity index (χ0v) is 16.7. The highest BCUT2D eigenvalue weighted by Crippen LogP contribution is 2.37. The first kappa shape index (κ1) is 19.2. The van der Waals surface area contributed by atoms with Crippen LogP contribution in [-0.2, 0) is 0 Å². The molecule has 7 heteroatoms. The van der Waals surface area contributed by atoms with Gasteiger partial charge in [0.25, 0.3) is 5.69 Å². The maximum absolute atomic E-state index is 11.8. The Balaban J connectivity index is 1.56. The van der Waals surface area contributed by atoms with Gasteiger partial charge in [-0.25, -0.2) is 4.98 Å². The number of anilines is 1. The minimum Gasteiger partial charge on any atom is -0.472 e. The van der Waals surface area contributed by atoms with Crippen LogP contribution in [0, 0.1) is 17.0 Å². The van der Waals surface area contributed by atoms with Gasteiger partial charge < -0.3 is 9.64 Å². The van der Waals surface area contributed by atoms with Gasteiger partial charge in [0.2, 0.25) is 5.88 Å². The van der Waals surface area contributed by atoms with Gasteiger partial charge in [0, 0.05) is 41.9 Å². The topological polar surface area (TPSA) is 68.5 Å². The van der Waals surface area contributed by atoms with Gasteiger partial charge in [-0.2, -0.15) is 0 Å². The highest BCUT2D eigenvalue weighted by molar-refractivity contribution is 6.33. The molecule has 1 fully saturated rings. The molecular weight excluding hydrogens is 390 g/mol. The predicted octanol–water partition coefficient (Wildman–Crippen LogP) is 5.28. The van der Waals surface area contributed by atoms with Crippen LogP contribution < -0.4 is 9.64 Å². The Morgan fingerprint density at radius 1 is 1.21 bits per heavy atom. The van der Waals surface area contributed by atoms with E-state index in [0.717, 1.165) is 23.1 Å². The highest BCUT2D eigenvalue weighted by Gasteiger charge is 2.29. The van der Waals surface area contributed by atoms with Gasteiger partial charge in [-0.15, -0.1) is 0 Å². The molecule has 1 saturated heterocycles. The third kappa shape index (κ3) is 4.17. The molecule has 0 spiro atoms. The van der Waals surface area contributed by atoms with Gasteiger partial charge in [0.1, 0.15) is 11.8 Å². The van der Waals surface area contributed by atoms with Crippen LogP contribution in [0.5, 0.6) is 5.88 Å². The molecular formula is C22H20ClN3O3. The maximum Gasteiger partial charge on any atom is 0.293 e. The molecule has 0 N–H and O–H groups in total. The Hall–Kier alpha value is -3.12. The van der Waals surface area contributed by atoms with Gasteiger partial charge >= 0.3 is 0 Å². The number of hydrogen-bond donors (Lipinski definition) is 0. The summed E-state index contributed by atoms with van der Waals surface area (Å²) in [6, 6.07) is 16.4. The molecule has 0 aliphatic carbocycles. The molecule has 0 unspecified atom stereocenters. The molecule has 0 saturated carbocycles. The van der Waals surface area contributed by atoms with Gasteiger partial charge in [0.05, 0.1) is 11.5 Å². The number of benzene rings is 2. The molecule has 0 radical (unpaired) electrons. The molecule has 2 heterocycles. The second-order valence-corrected chi connectivity index (χ2v) is 7.50. The second kappa shape index (κ2) is 8.09. The van der Waals surface area contributed by atoms with Crippen LogP contribution >= 0.6 is 11.6 Å². The van der Waals surface area contributed by atoms with E-state index >= 15 is 0 Å². The lowest BCUT2D eigenvalue weighted by Gasteiger charge is -2.19. The molecule has 2 aromatic carbocycles. The normalized spacial score (nSPS) is 16.1. The highest BCUT2D eigenvalue weighted by atomic mass is 35.5. The predicted molar refractivity (Wildman–Crippen MR) is 114 cm³/mol. The number of ether oxygens (including phenoxy) is 1. The Morgan fingerprint density at radius 3 is 2.76 bits per heavy atom. The quantitative estimate of drug-likeness (QED) is 0.423. The van der Waals surface area contributed by atoms with Gasteiger partial charge in [-0.3, -0.25) is 10.1 Å². The average molecular weight is 410 g/mol. The van der Waals surface area contributed by atoms with E-state index in [9.17, 15) is 10.1 Å². The summed E-state index contributed by atoms with van der Waals surface area (Å²) in [5.74, 6) is 0.575. The zero-order valence-electron chi connectivity index (χ0n) is 15.9. The summed E-state index contributed by atoms with van der Waals surface area (Å²) < 4.78 is 5.95. The Labute approximate surface area is 173 Å². The van der Waals surface area contributed by atoms with E-state index in [2.05, 4.69) is 4.98 Å². The lowest BCUT2D eigenvalue weighted by molar-refractivity contribution is -0.384. The van der Waals surface area contributed by atoms with Crippen molar-refractivity contribution < 1.29 is 9.66 Å². The third-order valence-electron chi connectivity index (χ3n) is 5.01. The molecule has 4 rings (SSSR count). The first-order valence-corrected chi connectivity index (χ1v) is 9.76. The number of halogens is 1. The van der Waals surface area contributed by atoms with Crippen LogP contribution in [0.4, 0.5) is 11.4 Å². The van der Waals surface area contributed by atoms with Crippen LogP contribution in [0.1, 0.15) is 12.0 Å². The fourth-order valence-corrected chi connectivity index (χ4v) is 3.78. The number of aromatic nitrogens is 1. The van der Waals surface area contributed by atoms with Crippen molar-refractivity contribution in [2.75, 3.05) is 18.0 Å². The fourth-order valence-electron chi connectivity index (χ4n) is 3.54. The molecule has 1 aliphatic rings. The summed E-state index contributed by atoms with van der Waals surface area (Å²) in [7, 11) is 0. The largest absolute Gasteiger partial charge is 0.472 e. The van der Waals surface area contributed by atoms with E-state index in [0.29, 0.717) is 29.7 Å². The molecule has 3 aromatic rings. The lowest BCUT2D eigenvalue weighted by Crippen LogP contribution is -2.25. The molecule has 1 aromatic heterocycles. The van der Waals surface area contributed by atoms with E-state index < -0.39 is 0 Å². The van der Waals surface area contributed by atoms with Crippen molar-refractivity contribution in [1.82, 2.24) is 4.98 Å². The average Bonchev–Trinajstić information content (AvgIpc) is 3.18. The maximum atomic E-state index is 11.8. The molecule has 1 aliphatic heterocycles. The molecule has 0 bridgehead atoms. The van der Waals surface area contributed by atoms with Crippen LogP contribution in [0.25, 0.3) is 11.1 Å². The minimum atomic E-state index is -0.342. The SMILES string of the molecule is Cc1ccc(O[C@@H]2CCN(c3ccc(-c4ccccc4Cl)cc3[N+](=O)[O-])C2)nc1. The Morgan fingerprint density at radius 2 is 2.03 bits per heavy atom. The number of rotatable bonds is 5. The summed E-state index contributed by atoms with van der Waals surface area (Å²) in [4.78, 5) is 17.7. The van der Waals surface area contributed by atoms with E-state index in [1.165, 1.54) is 0 Å². The first-order valence-electron chi connectivity index (χ1n) is 9.39. The zero-order chi connectivity index (χ0) is 20.4. The van der Waals surface area contributed by atoms with E-state index in [1.54, 1.807) is 24.4 Å². The Kier molecular flexibility index (Phi) is 5.36. The van der Waals surface area contributed by atoms with Crippen molar-refractivity contribution in [3.8, 4) is 17.0 Å². The first-order chi connectivity index (χ1) is 14.0. The molecule has 6 nitrogen and oxygen atoms in total. The van der Waals surface area contributed by atoms with Crippen molar-refractivity contribution in [2.45, 2.75) is 19.4 Å². The summed E-state index contributed by atoms with van der Waals surface area (Å²) in [6.45, 7) is 3.23. The fraction of sp³-hybridized carbons (Fsp3) is 0.227. The van der Waals surface area contributed by atoms with Crippen molar-refractivity contribution in [3.63, 3.8) is 0 Å². The van der Waals surface area contributed by atoms with Crippen LogP contribution in [0.3, 0.4) is 0 Å². The van der Waals surface area contributed by atoms with Crippen LogP contribution in [-0.4, -0.2) is 29.1 Å². The summed E-state index contributed by atoms with van der Waals surface area (Å²) in [6.07, 6.45) is 2.48. The van der Waals surface area contributed by atoms with Crippen molar-refractivity contribution in [2.24, 2.45) is 0 Å². The number of aryl methyl sites for hydroxylation is 1. The lowest BCUT2D eigenvalue weighted by atomic mass is 10.0. The van der Waals surface area contributed by atoms with Gasteiger partial charge in [-0.1, -0.05) is 41.9 Å². The molecule has 1 atom stereocenters. The summed E-state index contributed by atoms with van der Waals surface area (Å²) >= 11 is 6.26. The minimum absolute atomic E-state index is 0.0620. The Bertz CT molecular complexity index is 1040. The van der Waals surface area contributed by atoms with Crippen LogP contribution in [0.2, 0.25) is 5.02 Å². The van der Waals surface area contributed by atoms with E-state index in [-0.39, 0.29) is 16.7 Å². The smallest absolute Gasteiger partial charge is 0.293 e. The number of nitro groups is 1. The number of nitro benzene ring substituents is 1. The molecule has 29 heavy (non-hydrogen) atoms. The van der Waals surface area contributed by atoms with E-state index in [4.69, 9.17) is 16.3 Å². The van der Waals surface area contributed by atoms with Gasteiger partial charge in [0.15, 0.2) is 0 Å². The third-order valence-corrected chi connectivity index (χ3v) is 5.34. The van der Waals surface area contributed by atoms with E-state index in [1.807, 2.05) is 48.2 Å². The summed E-state index contributed by atoms with van der Waals surface area (Å²) in [5.41, 5.74) is 3.23. The molecule has 0 amide bonds. The van der Waals surface area contributed by atoms with Crippen molar-refractivity contribution >= 4 is 23.0 Å². The standard InChI is InChI=1S/C22H20ClN3O3/c1-15-6-9-22(24-13-15)29-17-10-11-25(14-17)20-8-7-16(12-21(20)26(27)28)18-4-2-3-5-19(18)23/h2-9,12-13,17H,10-11,14H2,1H3/t17-/m1/s1. The van der Waals surface area contributed by atoms with Crippen molar-refractivity contribution in [1.29, 1.82) is 0 Å². The monoisotopic (exact) mass is 409 g/mol. The molecule has 148 valence electrons. The second-order valence-electron chi connectivity index (χ2n) is 7.09. The summed E-state index contributed by atoms with van der Waals surface area (Å²) in [5, 5.41) is 12.3.